The number of aryl methyl sites for hydroxylation is 1. The number of piperazine rings is 1. The number of carbonyl (C=O) groups is 1. The van der Waals surface area contributed by atoms with Gasteiger partial charge in [-0.15, -0.1) is 0 Å². The molecule has 122 valence electrons. The molecule has 7 nitrogen and oxygen atoms in total. The van der Waals surface area contributed by atoms with Gasteiger partial charge in [0.2, 0.25) is 0 Å². The van der Waals surface area contributed by atoms with Gasteiger partial charge in [-0.05, 0) is 18.2 Å². The van der Waals surface area contributed by atoms with Crippen LogP contribution in [0.5, 0.6) is 0 Å². The van der Waals surface area contributed by atoms with E-state index in [1.54, 1.807) is 42.5 Å². The van der Waals surface area contributed by atoms with Crippen molar-refractivity contribution in [2.75, 3.05) is 31.1 Å². The van der Waals surface area contributed by atoms with Gasteiger partial charge in [0, 0.05) is 57.3 Å². The lowest BCUT2D eigenvalue weighted by Crippen LogP contribution is -2.49. The highest BCUT2D eigenvalue weighted by atomic mass is 16.2. The van der Waals surface area contributed by atoms with Gasteiger partial charge in [0.05, 0.1) is 11.6 Å². The van der Waals surface area contributed by atoms with Gasteiger partial charge in [0.25, 0.3) is 11.5 Å². The number of pyridine rings is 2. The van der Waals surface area contributed by atoms with Gasteiger partial charge in [-0.3, -0.25) is 9.59 Å². The molecule has 7 heteroatoms. The predicted octanol–water partition coefficient (Wildman–Crippen LogP) is 0.614. The van der Waals surface area contributed by atoms with E-state index in [1.165, 1.54) is 10.6 Å². The molecule has 2 aromatic heterocycles. The monoisotopic (exact) mass is 323 g/mol. The molecule has 0 aliphatic carbocycles. The molecule has 2 aromatic rings. The minimum Gasteiger partial charge on any atom is -0.353 e. The van der Waals surface area contributed by atoms with Crippen LogP contribution in [0.4, 0.5) is 5.82 Å². The molecule has 3 heterocycles. The zero-order valence-corrected chi connectivity index (χ0v) is 13.3. The molecule has 0 aromatic carbocycles. The predicted molar refractivity (Wildman–Crippen MR) is 88.8 cm³/mol. The molecule has 0 atom stereocenters. The molecule has 0 bridgehead atoms. The lowest BCUT2D eigenvalue weighted by Gasteiger charge is -2.35. The second kappa shape index (κ2) is 6.54. The van der Waals surface area contributed by atoms with Crippen LogP contribution in [0.15, 0.2) is 41.5 Å². The number of hydrogen-bond donors (Lipinski definition) is 0. The maximum absolute atomic E-state index is 12.5. The molecular formula is C17H17N5O2. The first-order chi connectivity index (χ1) is 11.6. The van der Waals surface area contributed by atoms with Crippen LogP contribution >= 0.6 is 0 Å². The number of carbonyl (C=O) groups excluding carboxylic acids is 1. The van der Waals surface area contributed by atoms with E-state index >= 15 is 0 Å². The Balaban J connectivity index is 1.68. The normalized spacial score (nSPS) is 14.3. The van der Waals surface area contributed by atoms with Crippen LogP contribution in [0.25, 0.3) is 0 Å². The second-order valence-electron chi connectivity index (χ2n) is 5.66. The van der Waals surface area contributed by atoms with Gasteiger partial charge in [-0.2, -0.15) is 5.26 Å². The SMILES string of the molecule is Cn1ccc(C(=O)N2CCN(c3cc(C#N)ccn3)CC2)cc1=O. The van der Waals surface area contributed by atoms with Gasteiger partial charge in [0.15, 0.2) is 0 Å². The van der Waals surface area contributed by atoms with Crippen molar-refractivity contribution in [3.63, 3.8) is 0 Å². The molecule has 0 unspecified atom stereocenters. The number of nitriles is 1. The number of hydrogen-bond acceptors (Lipinski definition) is 5. The average Bonchev–Trinajstić information content (AvgIpc) is 2.63. The minimum absolute atomic E-state index is 0.133. The van der Waals surface area contributed by atoms with E-state index < -0.39 is 0 Å². The number of anilines is 1. The van der Waals surface area contributed by atoms with Gasteiger partial charge >= 0.3 is 0 Å². The van der Waals surface area contributed by atoms with Gasteiger partial charge in [-0.1, -0.05) is 0 Å². The number of amides is 1. The van der Waals surface area contributed by atoms with E-state index in [0.717, 1.165) is 5.82 Å². The maximum Gasteiger partial charge on any atom is 0.254 e. The Morgan fingerprint density at radius 1 is 1.21 bits per heavy atom. The van der Waals surface area contributed by atoms with E-state index in [-0.39, 0.29) is 11.5 Å². The van der Waals surface area contributed by atoms with Crippen LogP contribution in [0, 0.1) is 11.3 Å². The first-order valence-electron chi connectivity index (χ1n) is 7.65. The smallest absolute Gasteiger partial charge is 0.254 e. The zero-order valence-electron chi connectivity index (χ0n) is 13.3. The van der Waals surface area contributed by atoms with Crippen LogP contribution < -0.4 is 10.5 Å². The van der Waals surface area contributed by atoms with Gasteiger partial charge in [-0.25, -0.2) is 4.98 Å². The van der Waals surface area contributed by atoms with Gasteiger partial charge in [0.1, 0.15) is 5.82 Å². The fourth-order valence-electron chi connectivity index (χ4n) is 2.66. The number of nitrogens with zero attached hydrogens (tertiary/aromatic N) is 5. The molecule has 0 N–H and O–H groups in total. The van der Waals surface area contributed by atoms with Crippen LogP contribution in [-0.2, 0) is 7.05 Å². The molecule has 0 spiro atoms. The average molecular weight is 323 g/mol. The van der Waals surface area contributed by atoms with Crippen molar-refractivity contribution in [1.29, 1.82) is 5.26 Å². The topological polar surface area (TPSA) is 82.2 Å². The quantitative estimate of drug-likeness (QED) is 0.809. The molecule has 1 saturated heterocycles. The summed E-state index contributed by atoms with van der Waals surface area (Å²) < 4.78 is 1.43. The molecule has 1 fully saturated rings. The van der Waals surface area contributed by atoms with Crippen molar-refractivity contribution in [3.8, 4) is 6.07 Å². The van der Waals surface area contributed by atoms with E-state index in [2.05, 4.69) is 16.0 Å². The summed E-state index contributed by atoms with van der Waals surface area (Å²) in [5.41, 5.74) is 0.784. The van der Waals surface area contributed by atoms with E-state index in [4.69, 9.17) is 5.26 Å². The van der Waals surface area contributed by atoms with Crippen molar-refractivity contribution in [3.05, 3.63) is 58.1 Å². The summed E-state index contributed by atoms with van der Waals surface area (Å²) in [6.45, 7) is 2.37. The Morgan fingerprint density at radius 3 is 2.62 bits per heavy atom. The summed E-state index contributed by atoms with van der Waals surface area (Å²) >= 11 is 0. The Labute approximate surface area is 139 Å². The summed E-state index contributed by atoms with van der Waals surface area (Å²) in [4.78, 5) is 32.3. The van der Waals surface area contributed by atoms with Crippen molar-refractivity contribution in [1.82, 2.24) is 14.5 Å². The molecule has 0 saturated carbocycles. The second-order valence-corrected chi connectivity index (χ2v) is 5.66. The Hall–Kier alpha value is -3.14. The first kappa shape index (κ1) is 15.7. The summed E-state index contributed by atoms with van der Waals surface area (Å²) in [6, 6.07) is 8.54. The summed E-state index contributed by atoms with van der Waals surface area (Å²) in [5, 5.41) is 8.97. The fraction of sp³-hybridized carbons (Fsp3) is 0.294. The van der Waals surface area contributed by atoms with E-state index in [9.17, 15) is 9.59 Å². The highest BCUT2D eigenvalue weighted by Gasteiger charge is 2.23. The summed E-state index contributed by atoms with van der Waals surface area (Å²) in [7, 11) is 1.65. The first-order valence-corrected chi connectivity index (χ1v) is 7.65. The highest BCUT2D eigenvalue weighted by molar-refractivity contribution is 5.94. The molecule has 1 aliphatic rings. The lowest BCUT2D eigenvalue weighted by atomic mass is 10.2. The largest absolute Gasteiger partial charge is 0.353 e. The molecule has 1 aliphatic heterocycles. The van der Waals surface area contributed by atoms with Crippen LogP contribution in [0.2, 0.25) is 0 Å². The lowest BCUT2D eigenvalue weighted by molar-refractivity contribution is 0.0746. The van der Waals surface area contributed by atoms with Crippen LogP contribution in [0.3, 0.4) is 0 Å². The molecule has 1 amide bonds. The van der Waals surface area contributed by atoms with Crippen LogP contribution in [-0.4, -0.2) is 46.5 Å². The minimum atomic E-state index is -0.197. The molecule has 0 radical (unpaired) electrons. The van der Waals surface area contributed by atoms with Gasteiger partial charge < -0.3 is 14.4 Å². The summed E-state index contributed by atoms with van der Waals surface area (Å²) in [5.74, 6) is 0.612. The van der Waals surface area contributed by atoms with Crippen molar-refractivity contribution in [2.24, 2.45) is 7.05 Å². The third-order valence-electron chi connectivity index (χ3n) is 4.12. The Bertz CT molecular complexity index is 860. The zero-order chi connectivity index (χ0) is 17.1. The standard InChI is InChI=1S/C17H17N5O2/c1-20-5-3-14(11-16(20)23)17(24)22-8-6-21(7-9-22)15-10-13(12-18)2-4-19-15/h2-5,10-11H,6-9H2,1H3. The van der Waals surface area contributed by atoms with E-state index in [1.807, 2.05) is 0 Å². The Kier molecular flexibility index (Phi) is 4.29. The Morgan fingerprint density at radius 2 is 1.96 bits per heavy atom. The maximum atomic E-state index is 12.5. The number of aromatic nitrogens is 2. The highest BCUT2D eigenvalue weighted by Crippen LogP contribution is 2.15. The van der Waals surface area contributed by atoms with Crippen molar-refractivity contribution in [2.45, 2.75) is 0 Å². The van der Waals surface area contributed by atoms with E-state index in [0.29, 0.717) is 37.3 Å². The number of rotatable bonds is 2. The third kappa shape index (κ3) is 3.13. The summed E-state index contributed by atoms with van der Waals surface area (Å²) in [6.07, 6.45) is 3.22. The fourth-order valence-corrected chi connectivity index (χ4v) is 2.66. The molecule has 3 rings (SSSR count). The molecular weight excluding hydrogens is 306 g/mol. The van der Waals surface area contributed by atoms with Crippen molar-refractivity contribution < 1.29 is 4.79 Å². The third-order valence-corrected chi connectivity index (χ3v) is 4.12. The molecule has 24 heavy (non-hydrogen) atoms. The van der Waals surface area contributed by atoms with Crippen LogP contribution in [0.1, 0.15) is 15.9 Å². The van der Waals surface area contributed by atoms with Crippen molar-refractivity contribution >= 4 is 11.7 Å².